The normalized spacial score (nSPS) is 21.6. The molecule has 4 rings (SSSR count). The van der Waals surface area contributed by atoms with Crippen molar-refractivity contribution in [2.75, 3.05) is 13.1 Å². The average molecular weight is 374 g/mol. The number of fused-ring (bicyclic) bond motifs is 1. The molecule has 134 valence electrons. The Morgan fingerprint density at radius 1 is 1.23 bits per heavy atom. The molecule has 0 N–H and O–H groups in total. The first-order chi connectivity index (χ1) is 12.5. The van der Waals surface area contributed by atoms with Gasteiger partial charge in [-0.3, -0.25) is 9.59 Å². The fraction of sp³-hybridized carbons (Fsp3) is 0.300. The van der Waals surface area contributed by atoms with Gasteiger partial charge in [-0.1, -0.05) is 29.8 Å². The van der Waals surface area contributed by atoms with Crippen molar-refractivity contribution in [2.45, 2.75) is 24.9 Å². The molecule has 26 heavy (non-hydrogen) atoms. The zero-order chi connectivity index (χ0) is 18.3. The summed E-state index contributed by atoms with van der Waals surface area (Å²) in [5.74, 6) is -0.116. The van der Waals surface area contributed by atoms with Gasteiger partial charge >= 0.3 is 0 Å². The van der Waals surface area contributed by atoms with Gasteiger partial charge in [-0.25, -0.2) is 4.39 Å². The van der Waals surface area contributed by atoms with Crippen LogP contribution in [0.4, 0.5) is 4.39 Å². The number of ether oxygens (including phenoxy) is 1. The van der Waals surface area contributed by atoms with E-state index in [1.54, 1.807) is 29.2 Å². The molecule has 1 fully saturated rings. The van der Waals surface area contributed by atoms with E-state index in [1.165, 1.54) is 12.1 Å². The Bertz CT molecular complexity index is 880. The number of amides is 1. The predicted octanol–water partition coefficient (Wildman–Crippen LogP) is 3.66. The van der Waals surface area contributed by atoms with Crippen LogP contribution in [0.1, 0.15) is 28.8 Å². The highest BCUT2D eigenvalue weighted by Gasteiger charge is 2.46. The molecular weight excluding hydrogens is 357 g/mol. The number of nitrogens with zero attached hydrogens (tertiary/aromatic N) is 1. The third-order valence-corrected chi connectivity index (χ3v) is 5.41. The van der Waals surface area contributed by atoms with Crippen LogP contribution in [0.2, 0.25) is 5.02 Å². The lowest BCUT2D eigenvalue weighted by atomic mass is 9.89. The number of hydrogen-bond donors (Lipinski definition) is 0. The van der Waals surface area contributed by atoms with Gasteiger partial charge in [-0.05, 0) is 24.3 Å². The summed E-state index contributed by atoms with van der Waals surface area (Å²) in [6.07, 6.45) is 0.712. The molecule has 1 unspecified atom stereocenters. The van der Waals surface area contributed by atoms with E-state index in [1.807, 2.05) is 6.07 Å². The molecule has 1 amide bonds. The number of carbonyl (C=O) groups is 2. The fourth-order valence-corrected chi connectivity index (χ4v) is 3.92. The van der Waals surface area contributed by atoms with Crippen molar-refractivity contribution >= 4 is 23.3 Å². The summed E-state index contributed by atoms with van der Waals surface area (Å²) in [6, 6.07) is 11.5. The fourth-order valence-electron chi connectivity index (χ4n) is 3.69. The van der Waals surface area contributed by atoms with Gasteiger partial charge in [0.25, 0.3) is 0 Å². The largest absolute Gasteiger partial charge is 0.484 e. The van der Waals surface area contributed by atoms with E-state index in [9.17, 15) is 14.0 Å². The summed E-state index contributed by atoms with van der Waals surface area (Å²) in [6.45, 7) is 0.790. The molecule has 0 aromatic heterocycles. The Hall–Kier alpha value is -2.40. The number of hydrogen-bond acceptors (Lipinski definition) is 3. The monoisotopic (exact) mass is 373 g/mol. The van der Waals surface area contributed by atoms with E-state index < -0.39 is 11.4 Å². The van der Waals surface area contributed by atoms with Crippen LogP contribution in [0.5, 0.6) is 5.75 Å². The number of carbonyl (C=O) groups excluding carboxylic acids is 2. The first-order valence-electron chi connectivity index (χ1n) is 8.49. The topological polar surface area (TPSA) is 46.6 Å². The van der Waals surface area contributed by atoms with Crippen molar-refractivity contribution in [1.29, 1.82) is 0 Å². The second-order valence-electron chi connectivity index (χ2n) is 6.82. The maximum Gasteiger partial charge on any atom is 0.227 e. The smallest absolute Gasteiger partial charge is 0.227 e. The van der Waals surface area contributed by atoms with E-state index in [0.29, 0.717) is 30.8 Å². The van der Waals surface area contributed by atoms with E-state index in [4.69, 9.17) is 16.3 Å². The summed E-state index contributed by atoms with van der Waals surface area (Å²) in [5.41, 5.74) is 0.0901. The molecule has 0 saturated carbocycles. The summed E-state index contributed by atoms with van der Waals surface area (Å²) in [5, 5.41) is 0.241. The van der Waals surface area contributed by atoms with Crippen LogP contribution in [0.15, 0.2) is 42.5 Å². The van der Waals surface area contributed by atoms with E-state index in [2.05, 4.69) is 0 Å². The minimum Gasteiger partial charge on any atom is -0.484 e. The van der Waals surface area contributed by atoms with Crippen LogP contribution in [0.3, 0.4) is 0 Å². The maximum atomic E-state index is 13.9. The van der Waals surface area contributed by atoms with Crippen LogP contribution < -0.4 is 4.74 Å². The third-order valence-electron chi connectivity index (χ3n) is 5.06. The molecule has 2 aromatic carbocycles. The molecule has 0 aliphatic carbocycles. The molecule has 0 radical (unpaired) electrons. The van der Waals surface area contributed by atoms with Crippen LogP contribution in [0.25, 0.3) is 0 Å². The Morgan fingerprint density at radius 3 is 2.85 bits per heavy atom. The number of ketones is 1. The van der Waals surface area contributed by atoms with Gasteiger partial charge in [0.05, 0.1) is 24.9 Å². The number of likely N-dealkylation sites (tertiary alicyclic amines) is 1. The number of halogens is 2. The van der Waals surface area contributed by atoms with Crippen molar-refractivity contribution in [3.63, 3.8) is 0 Å². The van der Waals surface area contributed by atoms with Gasteiger partial charge < -0.3 is 9.64 Å². The molecule has 2 heterocycles. The lowest BCUT2D eigenvalue weighted by Crippen LogP contribution is -2.45. The third kappa shape index (κ3) is 2.97. The molecule has 1 saturated heterocycles. The van der Waals surface area contributed by atoms with E-state index in [0.717, 1.165) is 0 Å². The molecule has 6 heteroatoms. The Morgan fingerprint density at radius 2 is 2.04 bits per heavy atom. The van der Waals surface area contributed by atoms with Crippen molar-refractivity contribution in [3.8, 4) is 5.75 Å². The summed E-state index contributed by atoms with van der Waals surface area (Å²) in [4.78, 5) is 26.7. The second-order valence-corrected chi connectivity index (χ2v) is 7.23. The molecule has 4 nitrogen and oxygen atoms in total. The zero-order valence-corrected chi connectivity index (χ0v) is 14.8. The molecule has 2 aromatic rings. The predicted molar refractivity (Wildman–Crippen MR) is 95.1 cm³/mol. The minimum atomic E-state index is -0.694. The Balaban J connectivity index is 1.50. The molecule has 2 aliphatic heterocycles. The van der Waals surface area contributed by atoms with Gasteiger partial charge in [0.2, 0.25) is 5.91 Å². The van der Waals surface area contributed by atoms with Gasteiger partial charge in [0.15, 0.2) is 5.78 Å². The van der Waals surface area contributed by atoms with Gasteiger partial charge in [-0.15, -0.1) is 0 Å². The van der Waals surface area contributed by atoms with Crippen molar-refractivity contribution < 1.29 is 18.7 Å². The standard InChI is InChI=1S/C20H17ClFNO3/c21-15-5-3-6-16(22)14(15)10-19(25)23-9-8-20(12-23)11-17(24)13-4-1-2-7-18(13)26-20/h1-7H,8-12H2. The van der Waals surface area contributed by atoms with Crippen molar-refractivity contribution in [3.05, 3.63) is 64.4 Å². The van der Waals surface area contributed by atoms with Crippen LogP contribution in [0, 0.1) is 5.82 Å². The SMILES string of the molecule is O=C1CC2(CCN(C(=O)Cc3c(F)cccc3Cl)C2)Oc2ccccc21. The molecule has 0 bridgehead atoms. The molecular formula is C20H17ClFNO3. The van der Waals surface area contributed by atoms with Crippen LogP contribution >= 0.6 is 11.6 Å². The number of para-hydroxylation sites is 1. The quantitative estimate of drug-likeness (QED) is 0.807. The number of rotatable bonds is 2. The molecule has 2 aliphatic rings. The molecule has 1 spiro atoms. The van der Waals surface area contributed by atoms with E-state index >= 15 is 0 Å². The van der Waals surface area contributed by atoms with Crippen LogP contribution in [-0.2, 0) is 11.2 Å². The lowest BCUT2D eigenvalue weighted by Gasteiger charge is -2.34. The highest BCUT2D eigenvalue weighted by atomic mass is 35.5. The van der Waals surface area contributed by atoms with Crippen LogP contribution in [-0.4, -0.2) is 35.3 Å². The zero-order valence-electron chi connectivity index (χ0n) is 14.0. The summed E-state index contributed by atoms with van der Waals surface area (Å²) in [7, 11) is 0. The second kappa shape index (κ2) is 6.40. The maximum absolute atomic E-state index is 13.9. The van der Waals surface area contributed by atoms with Gasteiger partial charge in [-0.2, -0.15) is 0 Å². The van der Waals surface area contributed by atoms with Crippen molar-refractivity contribution in [2.24, 2.45) is 0 Å². The summed E-state index contributed by atoms with van der Waals surface area (Å²) < 4.78 is 20.1. The number of benzene rings is 2. The lowest BCUT2D eigenvalue weighted by molar-refractivity contribution is -0.130. The Labute approximate surface area is 155 Å². The minimum absolute atomic E-state index is 0.0262. The van der Waals surface area contributed by atoms with Gasteiger partial charge in [0, 0.05) is 23.6 Å². The average Bonchev–Trinajstić information content (AvgIpc) is 3.01. The van der Waals surface area contributed by atoms with E-state index in [-0.39, 0.29) is 35.1 Å². The summed E-state index contributed by atoms with van der Waals surface area (Å²) >= 11 is 6.02. The first-order valence-corrected chi connectivity index (χ1v) is 8.87. The van der Waals surface area contributed by atoms with Gasteiger partial charge in [0.1, 0.15) is 17.2 Å². The molecule has 1 atom stereocenters. The Kier molecular flexibility index (Phi) is 4.19. The number of Topliss-reactive ketones (excluding diaryl/α,β-unsaturated/α-hetero) is 1. The first kappa shape index (κ1) is 17.0. The van der Waals surface area contributed by atoms with Crippen molar-refractivity contribution in [1.82, 2.24) is 4.90 Å². The highest BCUT2D eigenvalue weighted by molar-refractivity contribution is 6.31. The highest BCUT2D eigenvalue weighted by Crippen LogP contribution is 2.38.